The predicted molar refractivity (Wildman–Crippen MR) is 104 cm³/mol. The van der Waals surface area contributed by atoms with E-state index in [0.717, 1.165) is 17.7 Å². The van der Waals surface area contributed by atoms with Crippen molar-refractivity contribution in [1.82, 2.24) is 10.2 Å². The summed E-state index contributed by atoms with van der Waals surface area (Å²) in [5, 5.41) is 18.8. The van der Waals surface area contributed by atoms with Crippen LogP contribution in [-0.4, -0.2) is 34.3 Å². The zero-order chi connectivity index (χ0) is 22.3. The third-order valence-corrected chi connectivity index (χ3v) is 5.06. The van der Waals surface area contributed by atoms with Gasteiger partial charge < -0.3 is 19.0 Å². The Labute approximate surface area is 176 Å². The quantitative estimate of drug-likeness (QED) is 0.659. The Hall–Kier alpha value is -2.75. The molecular formula is C22H21F3N2O4. The Morgan fingerprint density at radius 2 is 1.61 bits per heavy atom. The van der Waals surface area contributed by atoms with Crippen LogP contribution < -0.4 is 0 Å². The Bertz CT molecular complexity index is 1050. The molecule has 1 aromatic heterocycles. The van der Waals surface area contributed by atoms with Gasteiger partial charge in [0.1, 0.15) is 0 Å². The van der Waals surface area contributed by atoms with E-state index in [9.17, 15) is 18.3 Å². The molecule has 0 unspecified atom stereocenters. The number of rotatable bonds is 4. The first-order valence-electron chi connectivity index (χ1n) is 9.64. The van der Waals surface area contributed by atoms with Crippen molar-refractivity contribution in [2.45, 2.75) is 37.8 Å². The third-order valence-electron chi connectivity index (χ3n) is 5.06. The van der Waals surface area contributed by atoms with Crippen molar-refractivity contribution in [2.75, 3.05) is 13.2 Å². The maximum Gasteiger partial charge on any atom is 0.416 e. The van der Waals surface area contributed by atoms with E-state index in [1.807, 2.05) is 12.1 Å². The summed E-state index contributed by atoms with van der Waals surface area (Å²) in [5.41, 5.74) is -0.137. The molecule has 0 saturated carbocycles. The summed E-state index contributed by atoms with van der Waals surface area (Å²) in [7, 11) is 0. The number of aliphatic hydroxyl groups is 1. The third kappa shape index (κ3) is 4.63. The molecular weight excluding hydrogens is 413 g/mol. The van der Waals surface area contributed by atoms with Crippen molar-refractivity contribution < 1.29 is 32.2 Å². The van der Waals surface area contributed by atoms with Gasteiger partial charge in [-0.2, -0.15) is 13.2 Å². The van der Waals surface area contributed by atoms with Crippen LogP contribution in [0.5, 0.6) is 0 Å². The van der Waals surface area contributed by atoms with Crippen molar-refractivity contribution in [3.63, 3.8) is 0 Å². The van der Waals surface area contributed by atoms with Crippen LogP contribution in [0.3, 0.4) is 0 Å². The zero-order valence-electron chi connectivity index (χ0n) is 16.9. The fourth-order valence-electron chi connectivity index (χ4n) is 3.23. The molecule has 4 rings (SSSR count). The van der Waals surface area contributed by atoms with Crippen molar-refractivity contribution in [2.24, 2.45) is 0 Å². The van der Waals surface area contributed by atoms with Crippen molar-refractivity contribution >= 4 is 0 Å². The lowest BCUT2D eigenvalue weighted by atomic mass is 9.99. The summed E-state index contributed by atoms with van der Waals surface area (Å²) >= 11 is 0. The molecule has 1 N–H and O–H groups in total. The minimum Gasteiger partial charge on any atom is -0.417 e. The van der Waals surface area contributed by atoms with E-state index in [2.05, 4.69) is 10.2 Å². The van der Waals surface area contributed by atoms with Gasteiger partial charge >= 0.3 is 6.18 Å². The highest BCUT2D eigenvalue weighted by atomic mass is 19.4. The van der Waals surface area contributed by atoms with E-state index in [0.29, 0.717) is 17.5 Å². The lowest BCUT2D eigenvalue weighted by molar-refractivity contribution is -0.308. The van der Waals surface area contributed by atoms with E-state index in [1.165, 1.54) is 12.1 Å². The van der Waals surface area contributed by atoms with Crippen LogP contribution in [0.25, 0.3) is 11.5 Å². The van der Waals surface area contributed by atoms with Crippen molar-refractivity contribution in [3.05, 3.63) is 71.1 Å². The molecule has 1 fully saturated rings. The summed E-state index contributed by atoms with van der Waals surface area (Å²) in [6.45, 7) is 3.36. The van der Waals surface area contributed by atoms with Crippen LogP contribution in [0.4, 0.5) is 13.2 Å². The standard InChI is InChI=1S/C22H21F3N2O4/c1-20(2)29-12-21(28,13-30-20)19-27-26-18(31-19)17-6-4-3-5-15(17)11-14-7-9-16(10-8-14)22(23,24)25/h3-10,28H,11-13H2,1-2H3. The molecule has 0 radical (unpaired) electrons. The molecule has 2 aromatic carbocycles. The van der Waals surface area contributed by atoms with Crippen LogP contribution in [-0.2, 0) is 27.7 Å². The van der Waals surface area contributed by atoms with Gasteiger partial charge in [-0.3, -0.25) is 0 Å². The van der Waals surface area contributed by atoms with E-state index >= 15 is 0 Å². The second kappa shape index (κ2) is 7.74. The highest BCUT2D eigenvalue weighted by Gasteiger charge is 2.44. The second-order valence-electron chi connectivity index (χ2n) is 7.95. The molecule has 31 heavy (non-hydrogen) atoms. The largest absolute Gasteiger partial charge is 0.417 e. The van der Waals surface area contributed by atoms with Gasteiger partial charge in [0.2, 0.25) is 5.89 Å². The molecule has 0 amide bonds. The van der Waals surface area contributed by atoms with E-state index in [1.54, 1.807) is 26.0 Å². The van der Waals surface area contributed by atoms with Gasteiger partial charge in [-0.1, -0.05) is 30.3 Å². The maximum atomic E-state index is 12.8. The topological polar surface area (TPSA) is 77.6 Å². The fraction of sp³-hybridized carbons (Fsp3) is 0.364. The highest BCUT2D eigenvalue weighted by molar-refractivity contribution is 5.59. The number of aromatic nitrogens is 2. The van der Waals surface area contributed by atoms with Gasteiger partial charge in [-0.15, -0.1) is 10.2 Å². The lowest BCUT2D eigenvalue weighted by Gasteiger charge is -2.38. The van der Waals surface area contributed by atoms with Crippen LogP contribution in [0.2, 0.25) is 0 Å². The zero-order valence-corrected chi connectivity index (χ0v) is 16.9. The molecule has 9 heteroatoms. The summed E-state index contributed by atoms with van der Waals surface area (Å²) in [6.07, 6.45) is -4.00. The van der Waals surface area contributed by atoms with Crippen molar-refractivity contribution in [3.8, 4) is 11.5 Å². The summed E-state index contributed by atoms with van der Waals surface area (Å²) < 4.78 is 55.1. The Morgan fingerprint density at radius 1 is 0.968 bits per heavy atom. The van der Waals surface area contributed by atoms with Gasteiger partial charge in [0.05, 0.1) is 18.8 Å². The molecule has 0 bridgehead atoms. The Morgan fingerprint density at radius 3 is 2.26 bits per heavy atom. The molecule has 1 saturated heterocycles. The second-order valence-corrected chi connectivity index (χ2v) is 7.95. The smallest absolute Gasteiger partial charge is 0.416 e. The number of ether oxygens (including phenoxy) is 2. The van der Waals surface area contributed by atoms with Gasteiger partial charge in [0, 0.05) is 5.56 Å². The Balaban J connectivity index is 1.57. The van der Waals surface area contributed by atoms with Crippen LogP contribution in [0.1, 0.15) is 36.4 Å². The van der Waals surface area contributed by atoms with E-state index in [-0.39, 0.29) is 25.0 Å². The summed E-state index contributed by atoms with van der Waals surface area (Å²) in [5.74, 6) is -0.651. The number of alkyl halides is 3. The molecule has 164 valence electrons. The number of benzene rings is 2. The molecule has 0 spiro atoms. The average Bonchev–Trinajstić information content (AvgIpc) is 3.22. The van der Waals surface area contributed by atoms with Crippen LogP contribution in [0, 0.1) is 0 Å². The van der Waals surface area contributed by atoms with Gasteiger partial charge in [0.15, 0.2) is 11.4 Å². The minimum atomic E-state index is -4.38. The number of nitrogens with zero attached hydrogens (tertiary/aromatic N) is 2. The molecule has 0 aliphatic carbocycles. The first-order valence-corrected chi connectivity index (χ1v) is 9.64. The van der Waals surface area contributed by atoms with Gasteiger partial charge in [0.25, 0.3) is 5.89 Å². The lowest BCUT2D eigenvalue weighted by Crippen LogP contribution is -2.49. The van der Waals surface area contributed by atoms with Crippen LogP contribution >= 0.6 is 0 Å². The van der Waals surface area contributed by atoms with Gasteiger partial charge in [-0.25, -0.2) is 0 Å². The molecule has 2 heterocycles. The summed E-state index contributed by atoms with van der Waals surface area (Å²) in [4.78, 5) is 0. The first kappa shape index (κ1) is 21.5. The molecule has 1 aliphatic heterocycles. The number of hydrogen-bond acceptors (Lipinski definition) is 6. The monoisotopic (exact) mass is 434 g/mol. The van der Waals surface area contributed by atoms with Gasteiger partial charge in [-0.05, 0) is 49.6 Å². The fourth-order valence-corrected chi connectivity index (χ4v) is 3.23. The number of halogens is 3. The molecule has 0 atom stereocenters. The predicted octanol–water partition coefficient (Wildman–Crippen LogP) is 4.32. The number of hydrogen-bond donors (Lipinski definition) is 1. The molecule has 6 nitrogen and oxygen atoms in total. The van der Waals surface area contributed by atoms with E-state index in [4.69, 9.17) is 13.9 Å². The summed E-state index contributed by atoms with van der Waals surface area (Å²) in [6, 6.07) is 12.2. The van der Waals surface area contributed by atoms with Crippen molar-refractivity contribution in [1.29, 1.82) is 0 Å². The Kier molecular flexibility index (Phi) is 5.36. The highest BCUT2D eigenvalue weighted by Crippen LogP contribution is 2.33. The van der Waals surface area contributed by atoms with E-state index < -0.39 is 23.1 Å². The van der Waals surface area contributed by atoms with Crippen LogP contribution in [0.15, 0.2) is 52.9 Å². The first-order chi connectivity index (χ1) is 14.6. The molecule has 3 aromatic rings. The minimum absolute atomic E-state index is 0.0256. The normalized spacial score (nSPS) is 18.1. The maximum absolute atomic E-state index is 12.8. The SMILES string of the molecule is CC1(C)OCC(O)(c2nnc(-c3ccccc3Cc3ccc(C(F)(F)F)cc3)o2)CO1. The molecule has 1 aliphatic rings. The average molecular weight is 434 g/mol.